The van der Waals surface area contributed by atoms with Crippen LogP contribution in [-0.2, 0) is 4.79 Å². The van der Waals surface area contributed by atoms with Crippen LogP contribution in [0.15, 0.2) is 54.6 Å². The zero-order valence-electron chi connectivity index (χ0n) is 12.3. The van der Waals surface area contributed by atoms with Gasteiger partial charge in [-0.05, 0) is 42.5 Å². The number of thiazole rings is 1. The van der Waals surface area contributed by atoms with Gasteiger partial charge in [0.15, 0.2) is 0 Å². The summed E-state index contributed by atoms with van der Waals surface area (Å²) in [6, 6.07) is 12.7. The minimum Gasteiger partial charge on any atom is -0.268 e. The molecule has 7 heteroatoms. The van der Waals surface area contributed by atoms with E-state index in [0.717, 1.165) is 10.2 Å². The average molecular weight is 341 g/mol. The zero-order valence-corrected chi connectivity index (χ0v) is 13.1. The molecule has 0 aliphatic heterocycles. The third-order valence-electron chi connectivity index (χ3n) is 3.09. The SMILES string of the molecule is O=C(/C=C/c1nc2ccccc2s1)NNC(=O)c1ccc(F)cc1. The summed E-state index contributed by atoms with van der Waals surface area (Å²) in [5.41, 5.74) is 5.62. The molecular formula is C17H12FN3O2S. The smallest absolute Gasteiger partial charge is 0.268 e. The molecule has 0 saturated carbocycles. The number of hydrogen-bond donors (Lipinski definition) is 2. The molecule has 0 aliphatic rings. The van der Waals surface area contributed by atoms with Gasteiger partial charge in [0.1, 0.15) is 10.8 Å². The lowest BCUT2D eigenvalue weighted by Crippen LogP contribution is -2.40. The van der Waals surface area contributed by atoms with Crippen LogP contribution >= 0.6 is 11.3 Å². The fourth-order valence-electron chi connectivity index (χ4n) is 1.94. The molecule has 0 saturated heterocycles. The zero-order chi connectivity index (χ0) is 16.9. The fraction of sp³-hybridized carbons (Fsp3) is 0. The summed E-state index contributed by atoms with van der Waals surface area (Å²) in [6.07, 6.45) is 2.85. The number of hydrogen-bond acceptors (Lipinski definition) is 4. The van der Waals surface area contributed by atoms with E-state index in [0.29, 0.717) is 5.01 Å². The van der Waals surface area contributed by atoms with Crippen LogP contribution in [0.3, 0.4) is 0 Å². The maximum Gasteiger partial charge on any atom is 0.269 e. The first-order valence-electron chi connectivity index (χ1n) is 7.01. The van der Waals surface area contributed by atoms with Gasteiger partial charge in [0, 0.05) is 11.6 Å². The molecule has 120 valence electrons. The van der Waals surface area contributed by atoms with Gasteiger partial charge in [-0.25, -0.2) is 9.37 Å². The minimum atomic E-state index is -0.531. The Bertz CT molecular complexity index is 886. The van der Waals surface area contributed by atoms with Crippen LogP contribution < -0.4 is 10.9 Å². The van der Waals surface area contributed by atoms with Gasteiger partial charge in [-0.3, -0.25) is 20.4 Å². The summed E-state index contributed by atoms with van der Waals surface area (Å²) in [4.78, 5) is 27.9. The number of carbonyl (C=O) groups excluding carboxylic acids is 2. The third kappa shape index (κ3) is 3.82. The van der Waals surface area contributed by atoms with E-state index in [-0.39, 0.29) is 5.56 Å². The van der Waals surface area contributed by atoms with Gasteiger partial charge in [-0.15, -0.1) is 11.3 Å². The number of halogens is 1. The Morgan fingerprint density at radius 2 is 1.79 bits per heavy atom. The van der Waals surface area contributed by atoms with E-state index < -0.39 is 17.6 Å². The van der Waals surface area contributed by atoms with Gasteiger partial charge in [0.05, 0.1) is 10.2 Å². The second-order valence-corrected chi connectivity index (χ2v) is 5.87. The maximum absolute atomic E-state index is 12.8. The Morgan fingerprint density at radius 3 is 2.54 bits per heavy atom. The predicted octanol–water partition coefficient (Wildman–Crippen LogP) is 2.91. The summed E-state index contributed by atoms with van der Waals surface area (Å²) < 4.78 is 13.8. The van der Waals surface area contributed by atoms with Crippen molar-refractivity contribution in [3.05, 3.63) is 71.0 Å². The van der Waals surface area contributed by atoms with Crippen LogP contribution in [0, 0.1) is 5.82 Å². The van der Waals surface area contributed by atoms with Crippen LogP contribution in [0.2, 0.25) is 0 Å². The van der Waals surface area contributed by atoms with E-state index in [1.54, 1.807) is 6.08 Å². The lowest BCUT2D eigenvalue weighted by atomic mass is 10.2. The Kier molecular flexibility index (Phi) is 4.62. The van der Waals surface area contributed by atoms with Gasteiger partial charge in [-0.2, -0.15) is 0 Å². The van der Waals surface area contributed by atoms with Gasteiger partial charge in [-0.1, -0.05) is 12.1 Å². The summed E-state index contributed by atoms with van der Waals surface area (Å²) in [7, 11) is 0. The molecular weight excluding hydrogens is 329 g/mol. The van der Waals surface area contributed by atoms with E-state index in [1.165, 1.54) is 41.7 Å². The van der Waals surface area contributed by atoms with E-state index in [9.17, 15) is 14.0 Å². The third-order valence-corrected chi connectivity index (χ3v) is 4.09. The molecule has 3 rings (SSSR count). The summed E-state index contributed by atoms with van der Waals surface area (Å²) in [5, 5.41) is 0.691. The predicted molar refractivity (Wildman–Crippen MR) is 90.7 cm³/mol. The number of hydrazine groups is 1. The van der Waals surface area contributed by atoms with Crippen LogP contribution in [0.4, 0.5) is 4.39 Å². The van der Waals surface area contributed by atoms with E-state index >= 15 is 0 Å². The van der Waals surface area contributed by atoms with Gasteiger partial charge < -0.3 is 0 Å². The Balaban J connectivity index is 1.57. The van der Waals surface area contributed by atoms with Gasteiger partial charge in [0.25, 0.3) is 11.8 Å². The van der Waals surface area contributed by atoms with Crippen molar-refractivity contribution in [2.45, 2.75) is 0 Å². The summed E-state index contributed by atoms with van der Waals surface area (Å²) in [6.45, 7) is 0. The largest absolute Gasteiger partial charge is 0.269 e. The van der Waals surface area contributed by atoms with Crippen LogP contribution in [0.1, 0.15) is 15.4 Å². The normalized spacial score (nSPS) is 10.9. The lowest BCUT2D eigenvalue weighted by Gasteiger charge is -2.04. The monoisotopic (exact) mass is 341 g/mol. The Labute approximate surface area is 140 Å². The van der Waals surface area contributed by atoms with Crippen molar-refractivity contribution >= 4 is 39.4 Å². The first kappa shape index (κ1) is 15.8. The lowest BCUT2D eigenvalue weighted by molar-refractivity contribution is -0.117. The fourth-order valence-corrected chi connectivity index (χ4v) is 2.81. The van der Waals surface area contributed by atoms with Gasteiger partial charge >= 0.3 is 0 Å². The van der Waals surface area contributed by atoms with Crippen molar-refractivity contribution in [3.8, 4) is 0 Å². The quantitative estimate of drug-likeness (QED) is 0.568. The van der Waals surface area contributed by atoms with Crippen LogP contribution in [0.5, 0.6) is 0 Å². The summed E-state index contributed by atoms with van der Waals surface area (Å²) in [5.74, 6) is -1.46. The van der Waals surface area contributed by atoms with Crippen molar-refractivity contribution in [2.24, 2.45) is 0 Å². The highest BCUT2D eigenvalue weighted by Gasteiger charge is 2.06. The topological polar surface area (TPSA) is 71.1 Å². The van der Waals surface area contributed by atoms with Gasteiger partial charge in [0.2, 0.25) is 0 Å². The number of amides is 2. The van der Waals surface area contributed by atoms with Crippen molar-refractivity contribution in [3.63, 3.8) is 0 Å². The number of benzene rings is 2. The second-order valence-electron chi connectivity index (χ2n) is 4.80. The molecule has 0 fully saturated rings. The number of nitrogens with one attached hydrogen (secondary N) is 2. The number of fused-ring (bicyclic) bond motifs is 1. The Morgan fingerprint density at radius 1 is 1.04 bits per heavy atom. The molecule has 2 aromatic carbocycles. The molecule has 0 atom stereocenters. The molecule has 0 bridgehead atoms. The van der Waals surface area contributed by atoms with E-state index in [4.69, 9.17) is 0 Å². The molecule has 0 aliphatic carbocycles. The Hall–Kier alpha value is -3.06. The molecule has 2 amide bonds. The minimum absolute atomic E-state index is 0.242. The molecule has 2 N–H and O–H groups in total. The van der Waals surface area contributed by atoms with Crippen LogP contribution in [0.25, 0.3) is 16.3 Å². The van der Waals surface area contributed by atoms with E-state index in [2.05, 4.69) is 15.8 Å². The first-order chi connectivity index (χ1) is 11.6. The molecule has 0 spiro atoms. The van der Waals surface area contributed by atoms with Crippen LogP contribution in [-0.4, -0.2) is 16.8 Å². The molecule has 5 nitrogen and oxygen atoms in total. The van der Waals surface area contributed by atoms with Crippen molar-refractivity contribution < 1.29 is 14.0 Å². The summed E-state index contributed by atoms with van der Waals surface area (Å²) >= 11 is 1.46. The maximum atomic E-state index is 12.8. The van der Waals surface area contributed by atoms with Crippen molar-refractivity contribution in [1.29, 1.82) is 0 Å². The number of nitrogens with zero attached hydrogens (tertiary/aromatic N) is 1. The number of rotatable bonds is 3. The second kappa shape index (κ2) is 7.01. The highest BCUT2D eigenvalue weighted by atomic mass is 32.1. The number of para-hydroxylation sites is 1. The van der Waals surface area contributed by atoms with E-state index in [1.807, 2.05) is 24.3 Å². The number of aromatic nitrogens is 1. The number of carbonyl (C=O) groups is 2. The molecule has 1 heterocycles. The molecule has 3 aromatic rings. The highest BCUT2D eigenvalue weighted by Crippen LogP contribution is 2.22. The average Bonchev–Trinajstić information content (AvgIpc) is 3.01. The highest BCUT2D eigenvalue weighted by molar-refractivity contribution is 7.19. The van der Waals surface area contributed by atoms with Crippen molar-refractivity contribution in [1.82, 2.24) is 15.8 Å². The standard InChI is InChI=1S/C17H12FN3O2S/c18-12-7-5-11(6-8-12)17(23)21-20-15(22)9-10-16-19-13-3-1-2-4-14(13)24-16/h1-10H,(H,20,22)(H,21,23)/b10-9+. The van der Waals surface area contributed by atoms with Crippen molar-refractivity contribution in [2.75, 3.05) is 0 Å². The molecule has 0 radical (unpaired) electrons. The molecule has 0 unspecified atom stereocenters. The molecule has 24 heavy (non-hydrogen) atoms. The molecule has 1 aromatic heterocycles. The first-order valence-corrected chi connectivity index (χ1v) is 7.83.